The van der Waals surface area contributed by atoms with E-state index in [1.54, 1.807) is 6.20 Å². The second kappa shape index (κ2) is 12.7. The third-order valence-corrected chi connectivity index (χ3v) is 8.27. The lowest BCUT2D eigenvalue weighted by Gasteiger charge is -2.49. The van der Waals surface area contributed by atoms with Crippen molar-refractivity contribution >= 4 is 18.0 Å². The summed E-state index contributed by atoms with van der Waals surface area (Å²) in [6.45, 7) is 12.3. The van der Waals surface area contributed by atoms with Crippen LogP contribution in [0.2, 0.25) is 0 Å². The van der Waals surface area contributed by atoms with Crippen molar-refractivity contribution in [3.8, 4) is 0 Å². The van der Waals surface area contributed by atoms with Crippen molar-refractivity contribution in [2.45, 2.75) is 110 Å². The van der Waals surface area contributed by atoms with E-state index in [2.05, 4.69) is 22.9 Å². The van der Waals surface area contributed by atoms with Crippen LogP contribution in [0.1, 0.15) is 92.9 Å². The van der Waals surface area contributed by atoms with Gasteiger partial charge >= 0.3 is 0 Å². The van der Waals surface area contributed by atoms with E-state index < -0.39 is 11.1 Å². The summed E-state index contributed by atoms with van der Waals surface area (Å²) in [7, 11) is 0. The molecule has 3 rings (SSSR count). The van der Waals surface area contributed by atoms with Crippen LogP contribution in [0.3, 0.4) is 0 Å². The first-order valence-electron chi connectivity index (χ1n) is 14.5. The molecule has 8 heteroatoms. The van der Waals surface area contributed by atoms with Crippen LogP contribution < -0.4 is 16.0 Å². The Morgan fingerprint density at radius 1 is 1.18 bits per heavy atom. The maximum atomic E-state index is 13.5. The van der Waals surface area contributed by atoms with E-state index >= 15 is 0 Å². The fraction of sp³-hybridized carbons (Fsp3) is 0.767. The molecule has 3 aliphatic rings. The topological polar surface area (TPSA) is 124 Å². The Morgan fingerprint density at radius 2 is 1.87 bits per heavy atom. The monoisotopic (exact) mass is 530 g/mol. The van der Waals surface area contributed by atoms with Crippen molar-refractivity contribution in [2.24, 2.45) is 29.6 Å². The predicted octanol–water partition coefficient (Wildman–Crippen LogP) is 4.40. The molecule has 0 aromatic rings. The van der Waals surface area contributed by atoms with Gasteiger partial charge in [0, 0.05) is 24.4 Å². The molecule has 2 amide bonds. The van der Waals surface area contributed by atoms with Crippen molar-refractivity contribution < 1.29 is 19.4 Å². The van der Waals surface area contributed by atoms with Crippen molar-refractivity contribution in [3.63, 3.8) is 0 Å². The highest BCUT2D eigenvalue weighted by molar-refractivity contribution is 6.11. The molecule has 3 saturated carbocycles. The highest BCUT2D eigenvalue weighted by Crippen LogP contribution is 2.46. The molecular formula is C30H50N4O4. The largest absolute Gasteiger partial charge is 0.478 e. The van der Waals surface area contributed by atoms with E-state index in [0.29, 0.717) is 24.9 Å². The maximum absolute atomic E-state index is 13.5. The van der Waals surface area contributed by atoms with Crippen LogP contribution >= 0.6 is 0 Å². The van der Waals surface area contributed by atoms with Crippen LogP contribution in [0.5, 0.6) is 0 Å². The van der Waals surface area contributed by atoms with Gasteiger partial charge in [0.1, 0.15) is 5.57 Å². The molecule has 0 radical (unpaired) electrons. The SMILES string of the molecule is CC(C)CO/C(N/C=C/C(C)(C)NC(=O)C1CCCC1)=C(/C=N)C(=O)NC1C(C)CC2CC1C[C@@](C)(O)C2. The number of carbonyl (C=O) groups excluding carboxylic acids is 2. The highest BCUT2D eigenvalue weighted by atomic mass is 16.5. The molecule has 4 unspecified atom stereocenters. The summed E-state index contributed by atoms with van der Waals surface area (Å²) in [4.78, 5) is 26.1. The molecule has 0 aromatic heterocycles. The number of aliphatic hydroxyl groups is 1. The lowest BCUT2D eigenvalue weighted by atomic mass is 9.61. The van der Waals surface area contributed by atoms with E-state index in [0.717, 1.165) is 51.2 Å². The van der Waals surface area contributed by atoms with Crippen LogP contribution in [0.4, 0.5) is 0 Å². The van der Waals surface area contributed by atoms with Gasteiger partial charge in [-0.05, 0) is 89.0 Å². The molecule has 2 bridgehead atoms. The van der Waals surface area contributed by atoms with Gasteiger partial charge in [-0.1, -0.05) is 33.6 Å². The Kier molecular flexibility index (Phi) is 10.1. The molecule has 0 heterocycles. The molecule has 0 aliphatic heterocycles. The molecule has 214 valence electrons. The van der Waals surface area contributed by atoms with Gasteiger partial charge in [0.15, 0.2) is 0 Å². The predicted molar refractivity (Wildman–Crippen MR) is 150 cm³/mol. The third-order valence-electron chi connectivity index (χ3n) is 8.27. The number of fused-ring (bicyclic) bond motifs is 2. The first-order valence-corrected chi connectivity index (χ1v) is 14.5. The van der Waals surface area contributed by atoms with Gasteiger partial charge in [0.2, 0.25) is 11.8 Å². The molecular weight excluding hydrogens is 480 g/mol. The number of hydrogen-bond donors (Lipinski definition) is 5. The number of ether oxygens (including phenoxy) is 1. The minimum Gasteiger partial charge on any atom is -0.478 e. The molecule has 38 heavy (non-hydrogen) atoms. The molecule has 3 aliphatic carbocycles. The van der Waals surface area contributed by atoms with Crippen molar-refractivity contribution in [1.82, 2.24) is 16.0 Å². The van der Waals surface area contributed by atoms with Gasteiger partial charge in [0.25, 0.3) is 5.91 Å². The molecule has 0 spiro atoms. The summed E-state index contributed by atoms with van der Waals surface area (Å²) in [5, 5.41) is 28.2. The molecule has 3 fully saturated rings. The van der Waals surface area contributed by atoms with Crippen molar-refractivity contribution in [2.75, 3.05) is 6.61 Å². The van der Waals surface area contributed by atoms with Crippen LogP contribution in [-0.4, -0.2) is 46.9 Å². The Morgan fingerprint density at radius 3 is 2.50 bits per heavy atom. The van der Waals surface area contributed by atoms with E-state index in [1.807, 2.05) is 40.7 Å². The van der Waals surface area contributed by atoms with E-state index in [-0.39, 0.29) is 47.1 Å². The van der Waals surface area contributed by atoms with E-state index in [9.17, 15) is 14.7 Å². The molecule has 5 atom stereocenters. The maximum Gasteiger partial charge on any atom is 0.258 e. The second-order valence-electron chi connectivity index (χ2n) is 13.2. The summed E-state index contributed by atoms with van der Waals surface area (Å²) >= 11 is 0. The van der Waals surface area contributed by atoms with Crippen LogP contribution in [-0.2, 0) is 14.3 Å². The Bertz CT molecular complexity index is 915. The fourth-order valence-corrected chi connectivity index (χ4v) is 6.60. The number of hydrogen-bond acceptors (Lipinski definition) is 6. The van der Waals surface area contributed by atoms with E-state index in [4.69, 9.17) is 10.1 Å². The smallest absolute Gasteiger partial charge is 0.258 e. The second-order valence-corrected chi connectivity index (χ2v) is 13.2. The average Bonchev–Trinajstić information content (AvgIpc) is 3.34. The summed E-state index contributed by atoms with van der Waals surface area (Å²) in [5.41, 5.74) is -1.16. The minimum atomic E-state index is -0.700. The summed E-state index contributed by atoms with van der Waals surface area (Å²) in [6, 6.07) is -0.0629. The molecule has 5 N–H and O–H groups in total. The first kappa shape index (κ1) is 30.2. The van der Waals surface area contributed by atoms with Gasteiger partial charge in [-0.15, -0.1) is 0 Å². The normalized spacial score (nSPS) is 30.6. The Hall–Kier alpha value is -2.35. The highest BCUT2D eigenvalue weighted by Gasteiger charge is 2.45. The summed E-state index contributed by atoms with van der Waals surface area (Å²) in [5.74, 6) is 1.24. The van der Waals surface area contributed by atoms with Crippen LogP contribution in [0.25, 0.3) is 0 Å². The first-order chi connectivity index (χ1) is 17.8. The quantitative estimate of drug-likeness (QED) is 0.154. The lowest BCUT2D eigenvalue weighted by molar-refractivity contribution is -0.126. The van der Waals surface area contributed by atoms with Gasteiger partial charge in [-0.25, -0.2) is 0 Å². The molecule has 8 nitrogen and oxygen atoms in total. The van der Waals surface area contributed by atoms with Crippen LogP contribution in [0.15, 0.2) is 23.7 Å². The Labute approximate surface area is 228 Å². The number of amides is 2. The number of nitrogens with one attached hydrogen (secondary N) is 4. The van der Waals surface area contributed by atoms with Gasteiger partial charge in [-0.2, -0.15) is 0 Å². The number of rotatable bonds is 11. The zero-order valence-corrected chi connectivity index (χ0v) is 24.2. The average molecular weight is 531 g/mol. The summed E-state index contributed by atoms with van der Waals surface area (Å²) in [6.07, 6.45) is 12.1. The number of carbonyl (C=O) groups is 2. The van der Waals surface area contributed by atoms with Gasteiger partial charge in [0.05, 0.1) is 17.7 Å². The minimum absolute atomic E-state index is 0.0629. The van der Waals surface area contributed by atoms with Crippen molar-refractivity contribution in [1.29, 1.82) is 5.41 Å². The standard InChI is InChI=1S/C30H50N4O4/c1-19(2)18-38-28(32-12-11-29(4,5)34-26(35)22-9-7-8-10-22)24(17-31)27(36)33-25-20(3)13-21-14-23(25)16-30(6,37)15-21/h11-12,17,19-23,25,31-32,37H,7-10,13-16,18H2,1-6H3,(H,33,36)(H,34,35)/b12-11+,28-24-,31-17?/t20?,21?,23?,25?,30-/m0/s1. The van der Waals surface area contributed by atoms with Crippen LogP contribution in [0, 0.1) is 35.0 Å². The molecule has 0 saturated heterocycles. The zero-order valence-electron chi connectivity index (χ0n) is 24.2. The third kappa shape index (κ3) is 8.32. The molecule has 0 aromatic carbocycles. The Balaban J connectivity index is 1.73. The van der Waals surface area contributed by atoms with Crippen molar-refractivity contribution in [3.05, 3.63) is 23.7 Å². The van der Waals surface area contributed by atoms with E-state index in [1.165, 1.54) is 0 Å². The van der Waals surface area contributed by atoms with Gasteiger partial charge in [-0.3, -0.25) is 9.59 Å². The zero-order chi connectivity index (χ0) is 28.1. The lowest BCUT2D eigenvalue weighted by Crippen LogP contribution is -2.54. The fourth-order valence-electron chi connectivity index (χ4n) is 6.60. The summed E-state index contributed by atoms with van der Waals surface area (Å²) < 4.78 is 5.96. The van der Waals surface area contributed by atoms with Gasteiger partial charge < -0.3 is 31.2 Å².